The van der Waals surface area contributed by atoms with E-state index in [9.17, 15) is 9.50 Å². The zero-order valence-electron chi connectivity index (χ0n) is 16.3. The summed E-state index contributed by atoms with van der Waals surface area (Å²) in [7, 11) is 2.22. The number of halogens is 1. The lowest BCUT2D eigenvalue weighted by Gasteiger charge is -2.49. The molecule has 144 valence electrons. The van der Waals surface area contributed by atoms with Gasteiger partial charge in [0.1, 0.15) is 23.5 Å². The second-order valence-electron chi connectivity index (χ2n) is 8.02. The first-order chi connectivity index (χ1) is 13.5. The van der Waals surface area contributed by atoms with Crippen LogP contribution in [0.1, 0.15) is 42.1 Å². The van der Waals surface area contributed by atoms with Gasteiger partial charge in [0.25, 0.3) is 0 Å². The van der Waals surface area contributed by atoms with Crippen LogP contribution in [0.4, 0.5) is 4.39 Å². The molecule has 3 aromatic carbocycles. The molecule has 1 saturated heterocycles. The van der Waals surface area contributed by atoms with Crippen molar-refractivity contribution in [2.45, 2.75) is 31.0 Å². The van der Waals surface area contributed by atoms with Crippen molar-refractivity contribution < 1.29 is 14.4 Å². The van der Waals surface area contributed by atoms with Crippen molar-refractivity contribution in [3.05, 3.63) is 107 Å². The number of hydrogen-bond acceptors (Lipinski definition) is 1. The third-order valence-corrected chi connectivity index (χ3v) is 6.51. The van der Waals surface area contributed by atoms with Gasteiger partial charge in [0.05, 0.1) is 7.05 Å². The number of piperidine rings is 1. The Morgan fingerprint density at radius 1 is 0.857 bits per heavy atom. The first kappa shape index (κ1) is 18.9. The molecule has 1 fully saturated rings. The minimum Gasteiger partial charge on any atom is -0.384 e. The molecule has 3 aromatic rings. The van der Waals surface area contributed by atoms with Gasteiger partial charge in [-0.05, 0) is 17.7 Å². The highest BCUT2D eigenvalue weighted by molar-refractivity contribution is 5.29. The predicted molar refractivity (Wildman–Crippen MR) is 109 cm³/mol. The summed E-state index contributed by atoms with van der Waals surface area (Å²) in [6.45, 7) is 2.12. The van der Waals surface area contributed by atoms with Crippen LogP contribution >= 0.6 is 0 Å². The maximum Gasteiger partial charge on any atom is 0.123 e. The molecule has 28 heavy (non-hydrogen) atoms. The third-order valence-electron chi connectivity index (χ3n) is 6.51. The van der Waals surface area contributed by atoms with E-state index >= 15 is 0 Å². The van der Waals surface area contributed by atoms with Crippen LogP contribution in [-0.2, 0) is 5.60 Å². The molecule has 4 rings (SSSR count). The molecule has 1 heterocycles. The van der Waals surface area contributed by atoms with E-state index < -0.39 is 5.60 Å². The van der Waals surface area contributed by atoms with Crippen LogP contribution < -0.4 is 4.90 Å². The van der Waals surface area contributed by atoms with E-state index in [1.807, 2.05) is 12.1 Å². The average Bonchev–Trinajstić information content (AvgIpc) is 2.73. The highest BCUT2D eigenvalue weighted by Gasteiger charge is 2.52. The first-order valence-corrected chi connectivity index (χ1v) is 9.92. The van der Waals surface area contributed by atoms with E-state index in [1.54, 1.807) is 12.1 Å². The van der Waals surface area contributed by atoms with Gasteiger partial charge >= 0.3 is 0 Å². The minimum absolute atomic E-state index is 0.0275. The van der Waals surface area contributed by atoms with Crippen LogP contribution in [0.3, 0.4) is 0 Å². The van der Waals surface area contributed by atoms with E-state index in [0.29, 0.717) is 6.42 Å². The van der Waals surface area contributed by atoms with Crippen LogP contribution in [0.15, 0.2) is 84.9 Å². The van der Waals surface area contributed by atoms with Crippen molar-refractivity contribution in [2.75, 3.05) is 7.05 Å². The molecule has 3 heteroatoms. The Balaban J connectivity index is 1.83. The molecule has 0 bridgehead atoms. The fraction of sp³-hybridized carbons (Fsp3) is 0.280. The van der Waals surface area contributed by atoms with Gasteiger partial charge in [-0.25, -0.2) is 4.39 Å². The highest BCUT2D eigenvalue weighted by Crippen LogP contribution is 2.45. The summed E-state index contributed by atoms with van der Waals surface area (Å²) in [6.07, 6.45) is 0.596. The van der Waals surface area contributed by atoms with Gasteiger partial charge in [-0.3, -0.25) is 0 Å². The average molecular weight is 376 g/mol. The van der Waals surface area contributed by atoms with Gasteiger partial charge in [0, 0.05) is 23.5 Å². The largest absolute Gasteiger partial charge is 0.384 e. The van der Waals surface area contributed by atoms with E-state index in [0.717, 1.165) is 5.56 Å². The summed E-state index contributed by atoms with van der Waals surface area (Å²) in [4.78, 5) is 1.37. The lowest BCUT2D eigenvalue weighted by atomic mass is 9.68. The fourth-order valence-corrected chi connectivity index (χ4v) is 4.94. The van der Waals surface area contributed by atoms with Crippen LogP contribution in [0.25, 0.3) is 0 Å². The second kappa shape index (κ2) is 7.50. The number of rotatable bonds is 3. The normalized spacial score (nSPS) is 30.1. The number of hydrogen-bond donors (Lipinski definition) is 2. The lowest BCUT2D eigenvalue weighted by Crippen LogP contribution is -3.12. The zero-order chi connectivity index (χ0) is 19.7. The summed E-state index contributed by atoms with van der Waals surface area (Å²) < 4.78 is 13.5. The maximum atomic E-state index is 13.5. The number of quaternary nitrogens is 1. The molecule has 0 amide bonds. The Labute approximate surface area is 166 Å². The summed E-state index contributed by atoms with van der Waals surface area (Å²) in [5.74, 6) is -0.307. The molecule has 5 atom stereocenters. The number of nitrogens with one attached hydrogen (secondary N) is 1. The quantitative estimate of drug-likeness (QED) is 0.708. The Hall–Kier alpha value is -2.49. The third kappa shape index (κ3) is 3.25. The van der Waals surface area contributed by atoms with Crippen molar-refractivity contribution >= 4 is 0 Å². The fourth-order valence-electron chi connectivity index (χ4n) is 4.94. The number of benzene rings is 3. The molecule has 0 spiro atoms. The molecular weight excluding hydrogens is 349 g/mol. The molecule has 1 aliphatic rings. The number of likely N-dealkylation sites (tertiary alicyclic amines) is 1. The van der Waals surface area contributed by atoms with Crippen LogP contribution in [0, 0.1) is 11.7 Å². The van der Waals surface area contributed by atoms with Crippen LogP contribution in [0.5, 0.6) is 0 Å². The summed E-state index contributed by atoms with van der Waals surface area (Å²) >= 11 is 0. The van der Waals surface area contributed by atoms with E-state index in [1.165, 1.54) is 28.2 Å². The van der Waals surface area contributed by atoms with Gasteiger partial charge in [-0.15, -0.1) is 0 Å². The van der Waals surface area contributed by atoms with Crippen LogP contribution in [0.2, 0.25) is 0 Å². The Kier molecular flexibility index (Phi) is 5.05. The monoisotopic (exact) mass is 376 g/mol. The van der Waals surface area contributed by atoms with Gasteiger partial charge < -0.3 is 10.0 Å². The van der Waals surface area contributed by atoms with Gasteiger partial charge in [-0.1, -0.05) is 79.7 Å². The van der Waals surface area contributed by atoms with Crippen molar-refractivity contribution in [1.82, 2.24) is 0 Å². The Bertz CT molecular complexity index is 912. The highest BCUT2D eigenvalue weighted by atomic mass is 19.1. The summed E-state index contributed by atoms with van der Waals surface area (Å²) in [5, 5.41) is 11.9. The molecule has 0 radical (unpaired) electrons. The molecule has 1 aliphatic heterocycles. The molecule has 2 nitrogen and oxygen atoms in total. The summed E-state index contributed by atoms with van der Waals surface area (Å²) in [6, 6.07) is 27.4. The van der Waals surface area contributed by atoms with Gasteiger partial charge in [-0.2, -0.15) is 0 Å². The van der Waals surface area contributed by atoms with Crippen molar-refractivity contribution in [1.29, 1.82) is 0 Å². The molecule has 2 N–H and O–H groups in total. The topological polar surface area (TPSA) is 24.7 Å². The molecule has 0 aliphatic carbocycles. The van der Waals surface area contributed by atoms with Crippen molar-refractivity contribution in [2.24, 2.45) is 5.92 Å². The Morgan fingerprint density at radius 2 is 1.39 bits per heavy atom. The second-order valence-corrected chi connectivity index (χ2v) is 8.02. The van der Waals surface area contributed by atoms with Gasteiger partial charge in [0.15, 0.2) is 0 Å². The van der Waals surface area contributed by atoms with Crippen molar-refractivity contribution in [3.63, 3.8) is 0 Å². The summed E-state index contributed by atoms with van der Waals surface area (Å²) in [5.41, 5.74) is 2.19. The predicted octanol–water partition coefficient (Wildman–Crippen LogP) is 4.05. The van der Waals surface area contributed by atoms with Crippen LogP contribution in [-0.4, -0.2) is 12.2 Å². The number of aliphatic hydroxyl groups is 1. The minimum atomic E-state index is -1.03. The Morgan fingerprint density at radius 3 is 1.96 bits per heavy atom. The molecule has 0 aromatic heterocycles. The maximum absolute atomic E-state index is 13.5. The SMILES string of the molecule is C[C@H]1[C@@H](c2ccccc2)[NH+](C)[C@H](c2ccccc2)C[C@]1(O)c1ccc(F)cc1. The van der Waals surface area contributed by atoms with E-state index in [2.05, 4.69) is 62.5 Å². The first-order valence-electron chi connectivity index (χ1n) is 9.92. The van der Waals surface area contributed by atoms with Crippen molar-refractivity contribution in [3.8, 4) is 0 Å². The molecule has 0 saturated carbocycles. The lowest BCUT2D eigenvalue weighted by molar-refractivity contribution is -0.957. The smallest absolute Gasteiger partial charge is 0.123 e. The van der Waals surface area contributed by atoms with Gasteiger partial charge in [0.2, 0.25) is 0 Å². The van der Waals surface area contributed by atoms with E-state index in [4.69, 9.17) is 0 Å². The zero-order valence-corrected chi connectivity index (χ0v) is 16.3. The molecule has 1 unspecified atom stereocenters. The standard InChI is InChI=1S/C25H26FNO/c1-18-24(20-11-7-4-8-12-20)27(2)23(19-9-5-3-6-10-19)17-25(18,28)21-13-15-22(26)16-14-21/h3-16,18,23-24,28H,17H2,1-2H3/p+1/t18-,23-,24-,25+/m0/s1. The molecular formula is C25H27FNO+. The van der Waals surface area contributed by atoms with E-state index in [-0.39, 0.29) is 23.8 Å².